The van der Waals surface area contributed by atoms with Crippen LogP contribution in [0.1, 0.15) is 79.7 Å². The molecular formula is C42H69N5O8. The molecule has 55 heavy (non-hydrogen) atoms. The van der Waals surface area contributed by atoms with E-state index in [0.717, 1.165) is 24.5 Å². The number of likely N-dealkylation sites (tertiary alicyclic amines) is 1. The van der Waals surface area contributed by atoms with E-state index in [-0.39, 0.29) is 53.8 Å². The fraction of sp³-hybridized carbons (Fsp3) is 0.690. The maximum absolute atomic E-state index is 14.2. The Morgan fingerprint density at radius 1 is 0.927 bits per heavy atom. The molecule has 3 N–H and O–H groups in total. The van der Waals surface area contributed by atoms with Crippen LogP contribution in [0.15, 0.2) is 42.5 Å². The Hall–Kier alpha value is -3.81. The monoisotopic (exact) mass is 772 g/mol. The van der Waals surface area contributed by atoms with Crippen molar-refractivity contribution in [2.45, 2.75) is 123 Å². The molecule has 1 aromatic rings. The number of carboxylic acids is 1. The normalized spacial score (nSPS) is 19.1. The van der Waals surface area contributed by atoms with Crippen molar-refractivity contribution < 1.29 is 38.6 Å². The molecule has 0 spiro atoms. The second-order valence-electron chi connectivity index (χ2n) is 16.0. The van der Waals surface area contributed by atoms with Gasteiger partial charge >= 0.3 is 5.97 Å². The predicted octanol–water partition coefficient (Wildman–Crippen LogP) is 4.00. The highest BCUT2D eigenvalue weighted by atomic mass is 16.5. The third-order valence-electron chi connectivity index (χ3n) is 11.0. The van der Waals surface area contributed by atoms with Gasteiger partial charge in [-0.25, -0.2) is 4.79 Å². The van der Waals surface area contributed by atoms with E-state index in [1.807, 2.05) is 90.9 Å². The average molecular weight is 772 g/mol. The Morgan fingerprint density at radius 2 is 1.56 bits per heavy atom. The number of aliphatic carboxylic acids is 1. The summed E-state index contributed by atoms with van der Waals surface area (Å²) in [7, 11) is 8.50. The molecule has 1 aliphatic heterocycles. The summed E-state index contributed by atoms with van der Waals surface area (Å²) in [4.78, 5) is 72.2. The van der Waals surface area contributed by atoms with Gasteiger partial charge in [-0.3, -0.25) is 24.1 Å². The topological polar surface area (TPSA) is 158 Å². The van der Waals surface area contributed by atoms with Crippen molar-refractivity contribution in [1.82, 2.24) is 25.3 Å². The number of ether oxygens (including phenoxy) is 2. The van der Waals surface area contributed by atoms with Gasteiger partial charge in [-0.2, -0.15) is 0 Å². The van der Waals surface area contributed by atoms with Crippen LogP contribution in [-0.2, 0) is 39.9 Å². The Labute approximate surface area is 329 Å². The van der Waals surface area contributed by atoms with Crippen LogP contribution in [0.2, 0.25) is 0 Å². The minimum Gasteiger partial charge on any atom is -0.478 e. The lowest BCUT2D eigenvalue weighted by atomic mass is 9.89. The highest BCUT2D eigenvalue weighted by Crippen LogP contribution is 2.30. The molecule has 0 aliphatic carbocycles. The third kappa shape index (κ3) is 13.4. The first kappa shape index (κ1) is 47.3. The molecule has 2 rings (SSSR count). The first-order chi connectivity index (χ1) is 25.9. The first-order valence-corrected chi connectivity index (χ1v) is 19.7. The minimum atomic E-state index is -1.11. The molecule has 0 radical (unpaired) electrons. The van der Waals surface area contributed by atoms with Crippen molar-refractivity contribution in [2.75, 3.05) is 41.9 Å². The molecule has 13 heteroatoms. The zero-order chi connectivity index (χ0) is 41.6. The van der Waals surface area contributed by atoms with Crippen LogP contribution in [0.4, 0.5) is 0 Å². The van der Waals surface area contributed by atoms with E-state index in [1.165, 1.54) is 13.2 Å². The highest BCUT2D eigenvalue weighted by Gasteiger charge is 2.43. The van der Waals surface area contributed by atoms with Crippen LogP contribution in [0.5, 0.6) is 0 Å². The smallest absolute Gasteiger partial charge is 0.328 e. The van der Waals surface area contributed by atoms with Gasteiger partial charge in [0, 0.05) is 33.9 Å². The second kappa shape index (κ2) is 22.7. The van der Waals surface area contributed by atoms with Crippen molar-refractivity contribution in [3.8, 4) is 0 Å². The molecule has 1 aliphatic rings. The van der Waals surface area contributed by atoms with Crippen LogP contribution >= 0.6 is 0 Å². The SMILES string of the molecule is CC[C@H](C)[C@@H]([C@@H](CC(=O)N1CCC[C@H]1[C@H](OC)[C@@H](C)C(=O)N[C@H](/C=C/C(=O)O)Cc1ccccc1)OC)N(C)C(=O)[C@@H](NC(=O)C(C(C)C)N(C)C)C(C)C. The summed E-state index contributed by atoms with van der Waals surface area (Å²) >= 11 is 0. The van der Waals surface area contributed by atoms with Crippen molar-refractivity contribution in [3.63, 3.8) is 0 Å². The van der Waals surface area contributed by atoms with Gasteiger partial charge in [0.2, 0.25) is 23.6 Å². The molecule has 1 aromatic carbocycles. The fourth-order valence-corrected chi connectivity index (χ4v) is 7.96. The number of rotatable bonds is 22. The van der Waals surface area contributed by atoms with Gasteiger partial charge in [-0.05, 0) is 56.7 Å². The third-order valence-corrected chi connectivity index (χ3v) is 11.0. The zero-order valence-corrected chi connectivity index (χ0v) is 35.3. The quantitative estimate of drug-likeness (QED) is 0.148. The van der Waals surface area contributed by atoms with Gasteiger partial charge in [0.15, 0.2) is 0 Å². The molecule has 0 bridgehead atoms. The van der Waals surface area contributed by atoms with E-state index >= 15 is 0 Å². The number of benzene rings is 1. The zero-order valence-electron chi connectivity index (χ0n) is 35.3. The van der Waals surface area contributed by atoms with Crippen molar-refractivity contribution in [3.05, 3.63) is 48.0 Å². The Kier molecular flexibility index (Phi) is 19.5. The number of nitrogens with one attached hydrogen (secondary N) is 2. The molecule has 4 amide bonds. The number of methoxy groups -OCH3 is 2. The van der Waals surface area contributed by atoms with E-state index in [1.54, 1.807) is 30.9 Å². The van der Waals surface area contributed by atoms with Gasteiger partial charge < -0.3 is 35.0 Å². The van der Waals surface area contributed by atoms with E-state index < -0.39 is 48.3 Å². The number of likely N-dealkylation sites (N-methyl/N-ethyl adjacent to an activating group) is 2. The van der Waals surface area contributed by atoms with Crippen LogP contribution in [-0.4, -0.2) is 134 Å². The van der Waals surface area contributed by atoms with Crippen molar-refractivity contribution in [1.29, 1.82) is 0 Å². The lowest BCUT2D eigenvalue weighted by molar-refractivity contribution is -0.148. The Balaban J connectivity index is 2.29. The summed E-state index contributed by atoms with van der Waals surface area (Å²) in [5, 5.41) is 15.3. The van der Waals surface area contributed by atoms with Crippen molar-refractivity contribution >= 4 is 29.6 Å². The van der Waals surface area contributed by atoms with Crippen molar-refractivity contribution in [2.24, 2.45) is 23.7 Å². The van der Waals surface area contributed by atoms with Crippen LogP contribution in [0, 0.1) is 23.7 Å². The highest BCUT2D eigenvalue weighted by molar-refractivity contribution is 5.90. The Bertz CT molecular complexity index is 1410. The number of hydrogen-bond acceptors (Lipinski definition) is 8. The number of nitrogens with zero attached hydrogens (tertiary/aromatic N) is 3. The average Bonchev–Trinajstić information content (AvgIpc) is 3.61. The van der Waals surface area contributed by atoms with Gasteiger partial charge in [0.05, 0.1) is 48.7 Å². The number of carboxylic acid groups (broad SMARTS) is 1. The van der Waals surface area contributed by atoms with Gasteiger partial charge in [0.1, 0.15) is 6.04 Å². The van der Waals surface area contributed by atoms with E-state index in [0.29, 0.717) is 19.4 Å². The molecular weight excluding hydrogens is 702 g/mol. The molecule has 1 unspecified atom stereocenters. The summed E-state index contributed by atoms with van der Waals surface area (Å²) in [5.41, 5.74) is 0.940. The predicted molar refractivity (Wildman–Crippen MR) is 214 cm³/mol. The number of carbonyl (C=O) groups excluding carboxylic acids is 4. The van der Waals surface area contributed by atoms with Crippen LogP contribution in [0.3, 0.4) is 0 Å². The Morgan fingerprint density at radius 3 is 2.07 bits per heavy atom. The summed E-state index contributed by atoms with van der Waals surface area (Å²) in [6.45, 7) is 14.1. The molecule has 9 atom stereocenters. The van der Waals surface area contributed by atoms with Gasteiger partial charge in [0.25, 0.3) is 0 Å². The molecule has 1 fully saturated rings. The van der Waals surface area contributed by atoms with Crippen LogP contribution in [0.25, 0.3) is 0 Å². The molecule has 1 saturated heterocycles. The summed E-state index contributed by atoms with van der Waals surface area (Å²) in [6.07, 6.45) is 3.72. The number of carbonyl (C=O) groups is 5. The summed E-state index contributed by atoms with van der Waals surface area (Å²) < 4.78 is 12.0. The first-order valence-electron chi connectivity index (χ1n) is 19.7. The summed E-state index contributed by atoms with van der Waals surface area (Å²) in [5.74, 6) is -2.90. The number of hydrogen-bond donors (Lipinski definition) is 3. The van der Waals surface area contributed by atoms with Gasteiger partial charge in [-0.15, -0.1) is 0 Å². The fourth-order valence-electron chi connectivity index (χ4n) is 7.96. The minimum absolute atomic E-state index is 0.00449. The largest absolute Gasteiger partial charge is 0.478 e. The lowest BCUT2D eigenvalue weighted by Gasteiger charge is -2.41. The van der Waals surface area contributed by atoms with Crippen LogP contribution < -0.4 is 10.6 Å². The lowest BCUT2D eigenvalue weighted by Crippen LogP contribution is -2.59. The molecule has 1 heterocycles. The molecule has 0 saturated carbocycles. The summed E-state index contributed by atoms with van der Waals surface area (Å²) in [6, 6.07) is 6.89. The van der Waals surface area contributed by atoms with E-state index in [2.05, 4.69) is 10.6 Å². The van der Waals surface area contributed by atoms with Gasteiger partial charge in [-0.1, -0.05) is 91.3 Å². The molecule has 0 aromatic heterocycles. The standard InChI is InChI=1S/C42H69N5O8/c1-13-28(6)38(46(10)42(53)36(26(2)3)44-41(52)37(27(4)5)45(8)9)33(54-11)25-34(48)47-23-17-20-32(47)39(55-12)29(7)40(51)43-31(21-22-35(49)50)24-30-18-15-14-16-19-30/h14-16,18-19,21-22,26-29,31-33,36-39H,13,17,20,23-25H2,1-12H3,(H,43,51)(H,44,52)(H,49,50)/b22-21+/t28-,29+,31+,32-,33+,36-,37?,38-,39+/m0/s1. The van der Waals surface area contributed by atoms with E-state index in [4.69, 9.17) is 9.47 Å². The number of amides is 4. The maximum Gasteiger partial charge on any atom is 0.328 e. The van der Waals surface area contributed by atoms with E-state index in [9.17, 15) is 29.1 Å². The maximum atomic E-state index is 14.2. The second-order valence-corrected chi connectivity index (χ2v) is 16.0. The molecule has 310 valence electrons. The molecule has 13 nitrogen and oxygen atoms in total.